The van der Waals surface area contributed by atoms with Gasteiger partial charge >= 0.3 is 0 Å². The third kappa shape index (κ3) is 2.39. The Labute approximate surface area is 112 Å². The van der Waals surface area contributed by atoms with Gasteiger partial charge in [0.25, 0.3) is 0 Å². The molecule has 3 aromatic heterocycles. The van der Waals surface area contributed by atoms with Crippen LogP contribution in [0.1, 0.15) is 23.8 Å². The predicted octanol–water partition coefficient (Wildman–Crippen LogP) is 2.61. The van der Waals surface area contributed by atoms with Gasteiger partial charge in [-0.3, -0.25) is 5.10 Å². The number of aromatic nitrogens is 5. The van der Waals surface area contributed by atoms with Crippen LogP contribution >= 0.6 is 11.8 Å². The van der Waals surface area contributed by atoms with Gasteiger partial charge in [0.1, 0.15) is 12.1 Å². The largest absolute Gasteiger partial charge is 0.468 e. The Hall–Kier alpha value is -2.09. The number of nitrogens with one attached hydrogen (secondary N) is 1. The van der Waals surface area contributed by atoms with Gasteiger partial charge in [0.15, 0.2) is 5.82 Å². The molecule has 98 valence electrons. The van der Waals surface area contributed by atoms with Crippen LogP contribution in [0.3, 0.4) is 0 Å². The maximum atomic E-state index is 5.25. The van der Waals surface area contributed by atoms with Crippen LogP contribution in [0.5, 0.6) is 0 Å². The molecule has 7 nitrogen and oxygen atoms in total. The summed E-state index contributed by atoms with van der Waals surface area (Å²) in [6.07, 6.45) is 3.07. The monoisotopic (exact) mass is 277 g/mol. The molecule has 0 amide bonds. The molecule has 1 N–H and O–H groups in total. The van der Waals surface area contributed by atoms with Crippen molar-refractivity contribution in [3.05, 3.63) is 30.3 Å². The minimum Gasteiger partial charge on any atom is -0.468 e. The lowest BCUT2D eigenvalue weighted by Gasteiger charge is -2.04. The van der Waals surface area contributed by atoms with Crippen LogP contribution in [0, 0.1) is 6.92 Å². The van der Waals surface area contributed by atoms with Crippen molar-refractivity contribution >= 4 is 11.8 Å². The number of hydrogen-bond acceptors (Lipinski definition) is 7. The topological polar surface area (TPSA) is 93.6 Å². The number of hydrogen-bond donors (Lipinski definition) is 1. The number of thioether (sulfide) groups is 1. The second-order valence-electron chi connectivity index (χ2n) is 3.89. The summed E-state index contributed by atoms with van der Waals surface area (Å²) in [4.78, 5) is 9.34. The highest BCUT2D eigenvalue weighted by molar-refractivity contribution is 7.99. The fourth-order valence-corrected chi connectivity index (χ4v) is 2.47. The Morgan fingerprint density at radius 2 is 2.32 bits per heavy atom. The third-order valence-electron chi connectivity index (χ3n) is 2.53. The van der Waals surface area contributed by atoms with Crippen molar-refractivity contribution in [2.24, 2.45) is 0 Å². The van der Waals surface area contributed by atoms with Gasteiger partial charge in [0.05, 0.1) is 11.5 Å². The van der Waals surface area contributed by atoms with E-state index in [4.69, 9.17) is 8.94 Å². The average Bonchev–Trinajstić information content (AvgIpc) is 3.09. The highest BCUT2D eigenvalue weighted by Crippen LogP contribution is 2.36. The van der Waals surface area contributed by atoms with Crippen molar-refractivity contribution in [1.82, 2.24) is 25.3 Å². The number of nitrogens with zero attached hydrogens (tertiary/aromatic N) is 4. The summed E-state index contributed by atoms with van der Waals surface area (Å²) in [5, 5.41) is 10.3. The molecular weight excluding hydrogens is 266 g/mol. The summed E-state index contributed by atoms with van der Waals surface area (Å²) in [7, 11) is 0. The fraction of sp³-hybridized carbons (Fsp3) is 0.273. The smallest absolute Gasteiger partial charge is 0.240 e. The fourth-order valence-electron chi connectivity index (χ4n) is 1.55. The molecule has 0 aromatic carbocycles. The summed E-state index contributed by atoms with van der Waals surface area (Å²) < 4.78 is 10.5. The van der Waals surface area contributed by atoms with Gasteiger partial charge in [-0.1, -0.05) is 5.16 Å². The first-order chi connectivity index (χ1) is 9.24. The van der Waals surface area contributed by atoms with Gasteiger partial charge in [0.2, 0.25) is 11.7 Å². The van der Waals surface area contributed by atoms with Crippen molar-refractivity contribution < 1.29 is 8.94 Å². The van der Waals surface area contributed by atoms with Crippen molar-refractivity contribution in [3.8, 4) is 11.6 Å². The van der Waals surface area contributed by atoms with E-state index in [2.05, 4.69) is 25.3 Å². The maximum absolute atomic E-state index is 5.25. The molecule has 0 bridgehead atoms. The molecule has 0 spiro atoms. The molecule has 0 aliphatic carbocycles. The van der Waals surface area contributed by atoms with E-state index in [1.54, 1.807) is 18.0 Å². The number of furan rings is 1. The zero-order valence-corrected chi connectivity index (χ0v) is 11.1. The molecule has 3 aromatic rings. The SMILES string of the molecule is Cc1occc1S[C@H](C)c1nc(-c2ncn[nH]2)no1. The Morgan fingerprint density at radius 1 is 1.42 bits per heavy atom. The Morgan fingerprint density at radius 3 is 3.00 bits per heavy atom. The molecule has 1 atom stereocenters. The quantitative estimate of drug-likeness (QED) is 0.732. The van der Waals surface area contributed by atoms with Gasteiger partial charge in [-0.25, -0.2) is 4.98 Å². The van der Waals surface area contributed by atoms with E-state index in [0.717, 1.165) is 10.7 Å². The normalized spacial score (nSPS) is 12.7. The Bertz CT molecular complexity index is 660. The first-order valence-corrected chi connectivity index (χ1v) is 6.52. The first-order valence-electron chi connectivity index (χ1n) is 5.64. The summed E-state index contributed by atoms with van der Waals surface area (Å²) in [5.74, 6) is 2.32. The average molecular weight is 277 g/mol. The van der Waals surface area contributed by atoms with Crippen LogP contribution in [0.2, 0.25) is 0 Å². The highest BCUT2D eigenvalue weighted by Gasteiger charge is 2.19. The van der Waals surface area contributed by atoms with Crippen molar-refractivity contribution in [2.75, 3.05) is 0 Å². The number of H-pyrrole nitrogens is 1. The summed E-state index contributed by atoms with van der Waals surface area (Å²) in [6.45, 7) is 3.91. The van der Waals surface area contributed by atoms with Crippen LogP contribution in [-0.4, -0.2) is 25.3 Å². The van der Waals surface area contributed by atoms with Crippen molar-refractivity contribution in [1.29, 1.82) is 0 Å². The number of aromatic amines is 1. The van der Waals surface area contributed by atoms with E-state index in [1.807, 2.05) is 19.9 Å². The first kappa shape index (κ1) is 12.0. The Kier molecular flexibility index (Phi) is 3.08. The minimum atomic E-state index is 0.0282. The van der Waals surface area contributed by atoms with Gasteiger partial charge < -0.3 is 8.94 Å². The molecule has 3 rings (SSSR count). The maximum Gasteiger partial charge on any atom is 0.240 e. The summed E-state index contributed by atoms with van der Waals surface area (Å²) in [5.41, 5.74) is 0. The van der Waals surface area contributed by atoms with Gasteiger partial charge in [0, 0.05) is 4.90 Å². The Balaban J connectivity index is 1.77. The lowest BCUT2D eigenvalue weighted by Crippen LogP contribution is -1.89. The molecule has 0 unspecified atom stereocenters. The third-order valence-corrected chi connectivity index (χ3v) is 3.76. The van der Waals surface area contributed by atoms with E-state index in [1.165, 1.54) is 6.33 Å². The van der Waals surface area contributed by atoms with Crippen LogP contribution in [0.15, 0.2) is 32.5 Å². The summed E-state index contributed by atoms with van der Waals surface area (Å²) in [6, 6.07) is 1.92. The second kappa shape index (κ2) is 4.88. The second-order valence-corrected chi connectivity index (χ2v) is 5.27. The van der Waals surface area contributed by atoms with Crippen molar-refractivity contribution in [2.45, 2.75) is 24.0 Å². The van der Waals surface area contributed by atoms with Crippen molar-refractivity contribution in [3.63, 3.8) is 0 Å². The zero-order valence-electron chi connectivity index (χ0n) is 10.3. The molecule has 19 heavy (non-hydrogen) atoms. The zero-order chi connectivity index (χ0) is 13.2. The highest BCUT2D eigenvalue weighted by atomic mass is 32.2. The lowest BCUT2D eigenvalue weighted by molar-refractivity contribution is 0.380. The molecular formula is C11H11N5O2S. The van der Waals surface area contributed by atoms with Crippen LogP contribution in [0.25, 0.3) is 11.6 Å². The predicted molar refractivity (Wildman–Crippen MR) is 67.4 cm³/mol. The molecule has 8 heteroatoms. The number of rotatable bonds is 4. The van der Waals surface area contributed by atoms with E-state index in [9.17, 15) is 0 Å². The molecule has 0 saturated heterocycles. The van der Waals surface area contributed by atoms with Crippen LogP contribution in [0.4, 0.5) is 0 Å². The summed E-state index contributed by atoms with van der Waals surface area (Å²) >= 11 is 1.60. The molecule has 0 radical (unpaired) electrons. The van der Waals surface area contributed by atoms with E-state index < -0.39 is 0 Å². The standard InChI is InChI=1S/C11H11N5O2S/c1-6-8(3-4-17-6)19-7(2)11-14-10(16-18-11)9-12-5-13-15-9/h3-5,7H,1-2H3,(H,12,13,15)/t7-/m1/s1. The van der Waals surface area contributed by atoms with E-state index in [-0.39, 0.29) is 5.25 Å². The molecule has 3 heterocycles. The molecule has 0 saturated carbocycles. The molecule has 0 aliphatic heterocycles. The van der Waals surface area contributed by atoms with Gasteiger partial charge in [-0.15, -0.1) is 11.8 Å². The van der Waals surface area contributed by atoms with Crippen LogP contribution < -0.4 is 0 Å². The van der Waals surface area contributed by atoms with Gasteiger partial charge in [-0.05, 0) is 19.9 Å². The lowest BCUT2D eigenvalue weighted by atomic mass is 10.5. The number of aryl methyl sites for hydroxylation is 1. The van der Waals surface area contributed by atoms with E-state index in [0.29, 0.717) is 17.5 Å². The van der Waals surface area contributed by atoms with Crippen LogP contribution in [-0.2, 0) is 0 Å². The minimum absolute atomic E-state index is 0.0282. The van der Waals surface area contributed by atoms with E-state index >= 15 is 0 Å². The molecule has 0 aliphatic rings. The van der Waals surface area contributed by atoms with Gasteiger partial charge in [-0.2, -0.15) is 10.1 Å². The molecule has 0 fully saturated rings.